The van der Waals surface area contributed by atoms with Crippen LogP contribution in [0, 0.1) is 0 Å². The zero-order valence-corrected chi connectivity index (χ0v) is 17.9. The minimum Gasteiger partial charge on any atom is -0.497 e. The first-order chi connectivity index (χ1) is 15.7. The number of fused-ring (bicyclic) bond motifs is 1. The summed E-state index contributed by atoms with van der Waals surface area (Å²) < 4.78 is 5.27. The van der Waals surface area contributed by atoms with E-state index in [4.69, 9.17) is 4.74 Å². The second-order valence-electron chi connectivity index (χ2n) is 7.95. The fraction of sp³-hybridized carbons (Fsp3) is 0.0667. The highest BCUT2D eigenvalue weighted by molar-refractivity contribution is 5.88. The van der Waals surface area contributed by atoms with Gasteiger partial charge in [0.1, 0.15) is 11.4 Å². The molecular formula is C30H24O2. The first-order valence-electron chi connectivity index (χ1n) is 10.7. The standard InChI is InChI=1S/C30H24O2/c1-32-29-18-15-22(16-19-29)23-12-13-25-21-28(17-14-24(25)20-23)30(31,26-8-4-2-5-9-26)27-10-6-3-7-11-27/h2-21,31H,1H3. The zero-order valence-electron chi connectivity index (χ0n) is 17.9. The van der Waals surface area contributed by atoms with Gasteiger partial charge < -0.3 is 9.84 Å². The van der Waals surface area contributed by atoms with Gasteiger partial charge in [-0.3, -0.25) is 0 Å². The number of rotatable bonds is 5. The van der Waals surface area contributed by atoms with E-state index in [0.717, 1.165) is 44.3 Å². The predicted octanol–water partition coefficient (Wildman–Crippen LogP) is 6.80. The normalized spacial score (nSPS) is 11.4. The Morgan fingerprint density at radius 3 is 1.66 bits per heavy atom. The fourth-order valence-electron chi connectivity index (χ4n) is 4.29. The van der Waals surface area contributed by atoms with Gasteiger partial charge in [-0.05, 0) is 62.9 Å². The summed E-state index contributed by atoms with van der Waals surface area (Å²) in [4.78, 5) is 0. The van der Waals surface area contributed by atoms with E-state index in [0.29, 0.717) is 0 Å². The smallest absolute Gasteiger partial charge is 0.140 e. The third kappa shape index (κ3) is 3.55. The molecule has 5 rings (SSSR count). The van der Waals surface area contributed by atoms with Gasteiger partial charge >= 0.3 is 0 Å². The molecule has 0 heterocycles. The molecule has 0 radical (unpaired) electrons. The number of methoxy groups -OCH3 is 1. The summed E-state index contributed by atoms with van der Waals surface area (Å²) in [6.45, 7) is 0. The molecule has 0 saturated carbocycles. The summed E-state index contributed by atoms with van der Waals surface area (Å²) in [5, 5.41) is 14.3. The second kappa shape index (κ2) is 8.33. The van der Waals surface area contributed by atoms with Gasteiger partial charge in [0, 0.05) is 0 Å². The Hall–Kier alpha value is -3.88. The van der Waals surface area contributed by atoms with Crippen LogP contribution in [0.15, 0.2) is 121 Å². The molecule has 5 aromatic carbocycles. The highest BCUT2D eigenvalue weighted by Crippen LogP contribution is 2.38. The van der Waals surface area contributed by atoms with Crippen molar-refractivity contribution in [3.05, 3.63) is 138 Å². The molecule has 5 aromatic rings. The lowest BCUT2D eigenvalue weighted by molar-refractivity contribution is 0.126. The largest absolute Gasteiger partial charge is 0.497 e. The molecule has 156 valence electrons. The Bertz CT molecular complexity index is 1300. The third-order valence-electron chi connectivity index (χ3n) is 6.06. The first kappa shape index (κ1) is 20.0. The third-order valence-corrected chi connectivity index (χ3v) is 6.06. The minimum absolute atomic E-state index is 0.847. The monoisotopic (exact) mass is 416 g/mol. The van der Waals surface area contributed by atoms with Crippen LogP contribution >= 0.6 is 0 Å². The molecule has 0 fully saturated rings. The Labute approximate surface area is 188 Å². The first-order valence-corrected chi connectivity index (χ1v) is 10.7. The van der Waals surface area contributed by atoms with Crippen LogP contribution in [0.2, 0.25) is 0 Å². The number of ether oxygens (including phenoxy) is 1. The molecule has 0 spiro atoms. The van der Waals surface area contributed by atoms with Crippen LogP contribution in [-0.2, 0) is 5.60 Å². The van der Waals surface area contributed by atoms with Crippen LogP contribution in [0.5, 0.6) is 5.75 Å². The van der Waals surface area contributed by atoms with E-state index in [2.05, 4.69) is 42.5 Å². The summed E-state index contributed by atoms with van der Waals surface area (Å²) in [5.74, 6) is 0.847. The van der Waals surface area contributed by atoms with E-state index in [9.17, 15) is 5.11 Å². The van der Waals surface area contributed by atoms with Crippen LogP contribution in [0.4, 0.5) is 0 Å². The van der Waals surface area contributed by atoms with Gasteiger partial charge in [-0.2, -0.15) is 0 Å². The van der Waals surface area contributed by atoms with Crippen molar-refractivity contribution in [2.45, 2.75) is 5.60 Å². The van der Waals surface area contributed by atoms with Crippen LogP contribution in [0.25, 0.3) is 21.9 Å². The van der Waals surface area contributed by atoms with E-state index < -0.39 is 5.60 Å². The predicted molar refractivity (Wildman–Crippen MR) is 131 cm³/mol. The van der Waals surface area contributed by atoms with Crippen molar-refractivity contribution in [3.63, 3.8) is 0 Å². The maximum Gasteiger partial charge on any atom is 0.140 e. The average molecular weight is 417 g/mol. The maximum atomic E-state index is 12.1. The molecule has 2 heteroatoms. The van der Waals surface area contributed by atoms with Crippen molar-refractivity contribution < 1.29 is 9.84 Å². The van der Waals surface area contributed by atoms with Crippen LogP contribution < -0.4 is 4.74 Å². The average Bonchev–Trinajstić information content (AvgIpc) is 2.88. The SMILES string of the molecule is COc1ccc(-c2ccc3cc(C(O)(c4ccccc4)c4ccccc4)ccc3c2)cc1. The lowest BCUT2D eigenvalue weighted by Crippen LogP contribution is -2.28. The molecule has 2 nitrogen and oxygen atoms in total. The van der Waals surface area contributed by atoms with Gasteiger partial charge in [0.2, 0.25) is 0 Å². The van der Waals surface area contributed by atoms with Gasteiger partial charge in [0.05, 0.1) is 7.11 Å². The minimum atomic E-state index is -1.23. The number of hydrogen-bond acceptors (Lipinski definition) is 2. The lowest BCUT2D eigenvalue weighted by Gasteiger charge is -2.30. The van der Waals surface area contributed by atoms with Crippen molar-refractivity contribution in [2.24, 2.45) is 0 Å². The Kier molecular flexibility index (Phi) is 5.22. The summed E-state index contributed by atoms with van der Waals surface area (Å²) in [7, 11) is 1.68. The Morgan fingerprint density at radius 2 is 1.06 bits per heavy atom. The second-order valence-corrected chi connectivity index (χ2v) is 7.95. The molecule has 0 aliphatic rings. The molecule has 0 saturated heterocycles. The Balaban J connectivity index is 1.61. The lowest BCUT2D eigenvalue weighted by atomic mass is 9.80. The summed E-state index contributed by atoms with van der Waals surface area (Å²) in [5.41, 5.74) is 3.60. The molecule has 0 unspecified atom stereocenters. The zero-order chi connectivity index (χ0) is 22.0. The topological polar surface area (TPSA) is 29.5 Å². The van der Waals surface area contributed by atoms with Gasteiger partial charge in [0.25, 0.3) is 0 Å². The van der Waals surface area contributed by atoms with Gasteiger partial charge in [-0.25, -0.2) is 0 Å². The highest BCUT2D eigenvalue weighted by Gasteiger charge is 2.33. The molecular weight excluding hydrogens is 392 g/mol. The molecule has 0 aromatic heterocycles. The van der Waals surface area contributed by atoms with Crippen molar-refractivity contribution in [3.8, 4) is 16.9 Å². The highest BCUT2D eigenvalue weighted by atomic mass is 16.5. The van der Waals surface area contributed by atoms with E-state index in [1.165, 1.54) is 0 Å². The van der Waals surface area contributed by atoms with Crippen molar-refractivity contribution >= 4 is 10.8 Å². The van der Waals surface area contributed by atoms with Crippen molar-refractivity contribution in [1.29, 1.82) is 0 Å². The molecule has 0 aliphatic heterocycles. The van der Waals surface area contributed by atoms with Gasteiger partial charge in [-0.1, -0.05) is 97.1 Å². The van der Waals surface area contributed by atoms with Crippen LogP contribution in [0.3, 0.4) is 0 Å². The number of hydrogen-bond donors (Lipinski definition) is 1. The number of benzene rings is 5. The van der Waals surface area contributed by atoms with E-state index in [1.807, 2.05) is 78.9 Å². The van der Waals surface area contributed by atoms with Crippen LogP contribution in [0.1, 0.15) is 16.7 Å². The van der Waals surface area contributed by atoms with E-state index >= 15 is 0 Å². The molecule has 0 atom stereocenters. The van der Waals surface area contributed by atoms with E-state index in [-0.39, 0.29) is 0 Å². The molecule has 1 N–H and O–H groups in total. The Morgan fingerprint density at radius 1 is 0.531 bits per heavy atom. The maximum absolute atomic E-state index is 12.1. The van der Waals surface area contributed by atoms with E-state index in [1.54, 1.807) is 7.11 Å². The summed E-state index contributed by atoms with van der Waals surface area (Å²) in [6, 6.07) is 40.4. The number of aliphatic hydroxyl groups is 1. The quantitative estimate of drug-likeness (QED) is 0.319. The van der Waals surface area contributed by atoms with Crippen molar-refractivity contribution in [1.82, 2.24) is 0 Å². The summed E-state index contributed by atoms with van der Waals surface area (Å²) >= 11 is 0. The molecule has 32 heavy (non-hydrogen) atoms. The fourth-order valence-corrected chi connectivity index (χ4v) is 4.29. The van der Waals surface area contributed by atoms with Gasteiger partial charge in [-0.15, -0.1) is 0 Å². The van der Waals surface area contributed by atoms with Crippen molar-refractivity contribution in [2.75, 3.05) is 7.11 Å². The molecule has 0 bridgehead atoms. The van der Waals surface area contributed by atoms with Gasteiger partial charge in [0.15, 0.2) is 0 Å². The molecule has 0 amide bonds. The van der Waals surface area contributed by atoms with Crippen LogP contribution in [-0.4, -0.2) is 12.2 Å². The molecule has 0 aliphatic carbocycles. The summed E-state index contributed by atoms with van der Waals surface area (Å²) in [6.07, 6.45) is 0.